The summed E-state index contributed by atoms with van der Waals surface area (Å²) in [5, 5.41) is 27.7. The van der Waals surface area contributed by atoms with Crippen molar-refractivity contribution >= 4 is 70.4 Å². The Hall–Kier alpha value is -6.48. The molecule has 1 saturated carbocycles. The van der Waals surface area contributed by atoms with Gasteiger partial charge in [0.05, 0.1) is 25.5 Å². The molecule has 0 spiro atoms. The number of hydrogen-bond donors (Lipinski definition) is 7. The number of likely N-dealkylation sites (tertiary alicyclic amines) is 1. The zero-order valence-electron chi connectivity index (χ0n) is 35.5. The Kier molecular flexibility index (Phi) is 11.4. The number of nitrogens with zero attached hydrogens (tertiary/aromatic N) is 9. The summed E-state index contributed by atoms with van der Waals surface area (Å²) < 4.78 is 8.28. The lowest BCUT2D eigenvalue weighted by atomic mass is 9.87. The van der Waals surface area contributed by atoms with Crippen molar-refractivity contribution in [1.29, 1.82) is 0 Å². The molecule has 1 aliphatic carbocycles. The molecule has 0 bridgehead atoms. The number of carbonyl (C=O) groups is 2. The minimum Gasteiger partial charge on any atom is -0.328 e. The molecule has 64 heavy (non-hydrogen) atoms. The van der Waals surface area contributed by atoms with Crippen molar-refractivity contribution in [2.75, 3.05) is 34.4 Å². The van der Waals surface area contributed by atoms with Gasteiger partial charge in [-0.05, 0) is 131 Å². The van der Waals surface area contributed by atoms with E-state index in [9.17, 15) is 9.59 Å². The van der Waals surface area contributed by atoms with Crippen LogP contribution in [0.5, 0.6) is 0 Å². The van der Waals surface area contributed by atoms with Crippen molar-refractivity contribution in [3.8, 4) is 0 Å². The number of carbonyl (C=O) groups excluding carboxylic acids is 2. The molecule has 18 nitrogen and oxygen atoms in total. The molecule has 4 aliphatic rings. The first-order valence-corrected chi connectivity index (χ1v) is 23.0. The van der Waals surface area contributed by atoms with Crippen molar-refractivity contribution in [3.63, 3.8) is 0 Å². The zero-order chi connectivity index (χ0) is 43.8. The molecular formula is C44H50N16O2S2. The number of H-pyrrole nitrogens is 2. The second-order valence-electron chi connectivity index (χ2n) is 16.7. The molecule has 20 heteroatoms. The Bertz CT molecular complexity index is 2690. The third-order valence-electron chi connectivity index (χ3n) is 12.1. The van der Waals surface area contributed by atoms with E-state index in [0.29, 0.717) is 51.9 Å². The van der Waals surface area contributed by atoms with Gasteiger partial charge in [-0.2, -0.15) is 10.2 Å². The molecule has 330 valence electrons. The van der Waals surface area contributed by atoms with Crippen molar-refractivity contribution in [2.45, 2.75) is 80.4 Å². The van der Waals surface area contributed by atoms with Crippen LogP contribution >= 0.6 is 23.9 Å². The number of aromatic amines is 2. The summed E-state index contributed by atoms with van der Waals surface area (Å²) >= 11 is 3.18. The molecule has 7 heterocycles. The van der Waals surface area contributed by atoms with Gasteiger partial charge in [0.15, 0.2) is 11.6 Å². The average molecular weight is 899 g/mol. The number of rotatable bonds is 13. The Labute approximate surface area is 378 Å². The van der Waals surface area contributed by atoms with Crippen molar-refractivity contribution in [1.82, 2.24) is 53.0 Å². The van der Waals surface area contributed by atoms with E-state index < -0.39 is 5.54 Å². The molecule has 8 N–H and O–H groups in total. The number of benzene rings is 2. The minimum absolute atomic E-state index is 0.000244. The number of nitrogens with one attached hydrogen (secondary N) is 6. The van der Waals surface area contributed by atoms with Gasteiger partial charge in [0.1, 0.15) is 28.8 Å². The van der Waals surface area contributed by atoms with Gasteiger partial charge in [-0.15, -0.1) is 0 Å². The second-order valence-corrected chi connectivity index (χ2v) is 18.9. The smallest absolute Gasteiger partial charge is 0.244 e. The number of nitrogens with two attached hydrogens (primary N) is 1. The predicted molar refractivity (Wildman–Crippen MR) is 249 cm³/mol. The Balaban J connectivity index is 0.724. The summed E-state index contributed by atoms with van der Waals surface area (Å²) in [6, 6.07) is 19.7. The third kappa shape index (κ3) is 8.85. The van der Waals surface area contributed by atoms with E-state index in [1.807, 2.05) is 108 Å². The minimum atomic E-state index is -0.726. The highest BCUT2D eigenvalue weighted by molar-refractivity contribution is 7.97. The number of aromatic nitrogens is 8. The molecule has 2 atom stereocenters. The van der Waals surface area contributed by atoms with Crippen LogP contribution in [0.15, 0.2) is 108 Å². The standard InChI is InChI=1S/C44H50N16O2S2/c1-28-21-36(54-52-28)50-40-26-57(24-38-46-15-19-59(38)40)63-34-7-3-32(4-8-34)48-42(61)30-12-17-56(18-13-30)44(14-11-31(45)23-44)43(62)49-33-5-9-35(10-6-33)64-58-25-39-47-16-20-60(39)41(27-58)51-37-22-29(2)53-55-37/h3-10,15-16,19-22,26-27,30-31H,11-14,17-18,23-25,45H2,1-2H3,(H,48,61)(H,49,62)(H2,50,52,54)(H2,51,53,55). The molecule has 1 saturated heterocycles. The second kappa shape index (κ2) is 17.6. The lowest BCUT2D eigenvalue weighted by Gasteiger charge is -2.43. The molecule has 6 aromatic rings. The van der Waals surface area contributed by atoms with E-state index in [1.165, 1.54) is 0 Å². The van der Waals surface area contributed by atoms with Gasteiger partial charge in [-0.3, -0.25) is 33.8 Å². The normalized spacial score (nSPS) is 20.0. The van der Waals surface area contributed by atoms with Crippen LogP contribution in [0, 0.1) is 19.8 Å². The number of amides is 2. The lowest BCUT2D eigenvalue weighted by molar-refractivity contribution is -0.130. The van der Waals surface area contributed by atoms with E-state index in [0.717, 1.165) is 73.9 Å². The van der Waals surface area contributed by atoms with E-state index in [4.69, 9.17) is 5.73 Å². The summed E-state index contributed by atoms with van der Waals surface area (Å²) in [6.07, 6.45) is 14.9. The first kappa shape index (κ1) is 41.5. The van der Waals surface area contributed by atoms with E-state index in [2.05, 4.69) is 65.1 Å². The summed E-state index contributed by atoms with van der Waals surface area (Å²) in [7, 11) is 0. The Morgan fingerprint density at radius 1 is 0.734 bits per heavy atom. The van der Waals surface area contributed by atoms with Gasteiger partial charge in [-0.25, -0.2) is 9.97 Å². The molecule has 2 aromatic carbocycles. The number of imidazole rings is 2. The van der Waals surface area contributed by atoms with Crippen LogP contribution in [-0.2, 0) is 22.7 Å². The maximum atomic E-state index is 14.3. The molecule has 2 amide bonds. The summed E-state index contributed by atoms with van der Waals surface area (Å²) in [5.41, 5.74) is 9.19. The SMILES string of the molecule is Cc1cc(NC2=CN(Sc3ccc(NC(=O)C4CCN(C5(C(=O)Nc6ccc(SN7C=C(Nc8cc(C)[nH]n8)n8ccnc8C7)cc6)CCC(N)C5)CC4)cc3)Cc3nccn32)n[nH]1. The van der Waals surface area contributed by atoms with Gasteiger partial charge in [-0.1, -0.05) is 0 Å². The highest BCUT2D eigenvalue weighted by Gasteiger charge is 2.50. The monoisotopic (exact) mass is 898 g/mol. The number of anilines is 4. The molecule has 4 aromatic heterocycles. The largest absolute Gasteiger partial charge is 0.328 e. The number of aryl methyl sites for hydroxylation is 2. The summed E-state index contributed by atoms with van der Waals surface area (Å²) in [5.74, 6) is 4.77. The van der Waals surface area contributed by atoms with Crippen LogP contribution in [0.3, 0.4) is 0 Å². The van der Waals surface area contributed by atoms with Crippen LogP contribution in [0.4, 0.5) is 23.0 Å². The first-order chi connectivity index (χ1) is 31.1. The van der Waals surface area contributed by atoms with Gasteiger partial charge in [0.2, 0.25) is 11.8 Å². The molecule has 2 unspecified atom stereocenters. The molecule has 0 radical (unpaired) electrons. The third-order valence-corrected chi connectivity index (χ3v) is 14.0. The Morgan fingerprint density at radius 2 is 1.25 bits per heavy atom. The van der Waals surface area contributed by atoms with Gasteiger partial charge < -0.3 is 35.6 Å². The van der Waals surface area contributed by atoms with Gasteiger partial charge >= 0.3 is 0 Å². The molecule has 10 rings (SSSR count). The fourth-order valence-electron chi connectivity index (χ4n) is 8.87. The summed E-state index contributed by atoms with van der Waals surface area (Å²) in [6.45, 7) is 6.45. The quantitative estimate of drug-likeness (QED) is 0.0621. The van der Waals surface area contributed by atoms with Crippen LogP contribution in [0.2, 0.25) is 0 Å². The fourth-order valence-corrected chi connectivity index (χ4v) is 10.6. The van der Waals surface area contributed by atoms with E-state index >= 15 is 0 Å². The molecule has 3 aliphatic heterocycles. The average Bonchev–Trinajstić information content (AvgIpc) is 4.16. The van der Waals surface area contributed by atoms with Crippen molar-refractivity contribution in [3.05, 3.63) is 121 Å². The predicted octanol–water partition coefficient (Wildman–Crippen LogP) is 6.46. The highest BCUT2D eigenvalue weighted by Crippen LogP contribution is 2.39. The van der Waals surface area contributed by atoms with Gasteiger partial charge in [0, 0.05) is 81.4 Å². The van der Waals surface area contributed by atoms with Crippen LogP contribution in [-0.4, -0.2) is 89.5 Å². The van der Waals surface area contributed by atoms with E-state index in [1.54, 1.807) is 36.3 Å². The number of piperidine rings is 1. The lowest BCUT2D eigenvalue weighted by Crippen LogP contribution is -2.58. The summed E-state index contributed by atoms with van der Waals surface area (Å²) in [4.78, 5) is 41.2. The fraction of sp³-hybridized carbons (Fsp3) is 0.318. The maximum Gasteiger partial charge on any atom is 0.244 e. The van der Waals surface area contributed by atoms with Crippen LogP contribution < -0.4 is 27.0 Å². The van der Waals surface area contributed by atoms with Crippen LogP contribution in [0.1, 0.15) is 55.1 Å². The van der Waals surface area contributed by atoms with E-state index in [-0.39, 0.29) is 23.8 Å². The molecular weight excluding hydrogens is 849 g/mol. The highest BCUT2D eigenvalue weighted by atomic mass is 32.2. The zero-order valence-corrected chi connectivity index (χ0v) is 37.1. The number of fused-ring (bicyclic) bond motifs is 2. The van der Waals surface area contributed by atoms with Gasteiger partial charge in [0.25, 0.3) is 0 Å². The topological polar surface area (TPSA) is 211 Å². The van der Waals surface area contributed by atoms with Crippen LogP contribution in [0.25, 0.3) is 11.6 Å². The first-order valence-electron chi connectivity index (χ1n) is 21.4. The number of hydrogen-bond acceptors (Lipinski definition) is 14. The molecule has 2 fully saturated rings. The Morgan fingerprint density at radius 3 is 1.72 bits per heavy atom. The van der Waals surface area contributed by atoms with Crippen molar-refractivity contribution in [2.24, 2.45) is 11.7 Å². The maximum absolute atomic E-state index is 14.3. The van der Waals surface area contributed by atoms with Crippen molar-refractivity contribution < 1.29 is 9.59 Å².